The van der Waals surface area contributed by atoms with Crippen LogP contribution in [-0.2, 0) is 9.53 Å². The first-order valence-electron chi connectivity index (χ1n) is 9.08. The maximum Gasteiger partial charge on any atom is 0.387 e. The van der Waals surface area contributed by atoms with Crippen molar-refractivity contribution in [3.8, 4) is 5.75 Å². The van der Waals surface area contributed by atoms with Crippen molar-refractivity contribution in [1.82, 2.24) is 4.90 Å². The quantitative estimate of drug-likeness (QED) is 0.727. The Balaban J connectivity index is 1.55. The minimum absolute atomic E-state index is 0.0437. The second kappa shape index (κ2) is 7.09. The lowest BCUT2D eigenvalue weighted by Gasteiger charge is -2.39. The average Bonchev–Trinajstić information content (AvgIpc) is 2.81. The van der Waals surface area contributed by atoms with Gasteiger partial charge in [-0.05, 0) is 54.4 Å². The monoisotopic (exact) mass is 381 g/mol. The first-order valence-corrected chi connectivity index (χ1v) is 9.08. The van der Waals surface area contributed by atoms with Crippen molar-refractivity contribution in [3.05, 3.63) is 29.8 Å². The van der Waals surface area contributed by atoms with Gasteiger partial charge in [-0.2, -0.15) is 8.78 Å². The molecule has 0 aromatic heterocycles. The minimum atomic E-state index is -2.92. The third-order valence-corrected chi connectivity index (χ3v) is 5.38. The molecule has 2 aliphatic rings. The van der Waals surface area contributed by atoms with Crippen LogP contribution in [0.1, 0.15) is 50.4 Å². The van der Waals surface area contributed by atoms with Crippen molar-refractivity contribution in [2.75, 3.05) is 13.2 Å². The van der Waals surface area contributed by atoms with Crippen LogP contribution in [0.2, 0.25) is 0 Å². The van der Waals surface area contributed by atoms with Gasteiger partial charge in [-0.15, -0.1) is 0 Å². The van der Waals surface area contributed by atoms with Crippen molar-refractivity contribution in [3.63, 3.8) is 0 Å². The number of hydrogen-bond donors (Lipinski definition) is 0. The molecule has 1 aliphatic heterocycles. The number of amides is 1. The maximum atomic E-state index is 12.6. The number of carbonyl (C=O) groups excluding carboxylic acids is 2. The number of ether oxygens (including phenoxy) is 2. The number of halogens is 2. The lowest BCUT2D eigenvalue weighted by atomic mass is 9.65. The number of benzene rings is 1. The van der Waals surface area contributed by atoms with Crippen molar-refractivity contribution < 1.29 is 27.8 Å². The van der Waals surface area contributed by atoms with Crippen LogP contribution in [0.5, 0.6) is 5.75 Å². The fraction of sp³-hybridized carbons (Fsp3) is 0.600. The number of alkyl halides is 2. The molecule has 1 aliphatic carbocycles. The summed E-state index contributed by atoms with van der Waals surface area (Å²) in [6.45, 7) is 4.12. The first-order chi connectivity index (χ1) is 12.6. The summed E-state index contributed by atoms with van der Waals surface area (Å²) in [5.41, 5.74) is 0.496. The molecule has 2 fully saturated rings. The van der Waals surface area contributed by atoms with E-state index >= 15 is 0 Å². The van der Waals surface area contributed by atoms with Gasteiger partial charge in [-0.25, -0.2) is 4.79 Å². The van der Waals surface area contributed by atoms with E-state index in [4.69, 9.17) is 4.74 Å². The zero-order valence-electron chi connectivity index (χ0n) is 15.8. The number of rotatable bonds is 5. The van der Waals surface area contributed by atoms with Crippen LogP contribution in [0.15, 0.2) is 24.3 Å². The van der Waals surface area contributed by atoms with Crippen molar-refractivity contribution >= 4 is 11.9 Å². The van der Waals surface area contributed by atoms with Gasteiger partial charge < -0.3 is 14.4 Å². The molecular weight excluding hydrogens is 356 g/mol. The molecule has 1 saturated heterocycles. The van der Waals surface area contributed by atoms with Crippen LogP contribution >= 0.6 is 0 Å². The van der Waals surface area contributed by atoms with Gasteiger partial charge in [0.15, 0.2) is 6.61 Å². The molecule has 0 spiro atoms. The molecule has 1 amide bonds. The SMILES string of the molecule is CC1(C)C[C@H]2C[C@](C)(CN2C(=O)COC(=O)c2ccc(OC(F)F)cc2)C1. The highest BCUT2D eigenvalue weighted by Gasteiger charge is 2.50. The predicted octanol–water partition coefficient (Wildman–Crippen LogP) is 3.87. The summed E-state index contributed by atoms with van der Waals surface area (Å²) < 4.78 is 33.7. The van der Waals surface area contributed by atoms with Gasteiger partial charge in [-0.3, -0.25) is 4.79 Å². The topological polar surface area (TPSA) is 55.8 Å². The first kappa shape index (κ1) is 19.6. The fourth-order valence-electron chi connectivity index (χ4n) is 4.82. The third-order valence-electron chi connectivity index (χ3n) is 5.38. The zero-order chi connectivity index (χ0) is 19.8. The Morgan fingerprint density at radius 1 is 1.19 bits per heavy atom. The zero-order valence-corrected chi connectivity index (χ0v) is 15.8. The van der Waals surface area contributed by atoms with Crippen LogP contribution in [0.25, 0.3) is 0 Å². The summed E-state index contributed by atoms with van der Waals surface area (Å²) in [4.78, 5) is 26.6. The smallest absolute Gasteiger partial charge is 0.387 e. The molecule has 7 heteroatoms. The van der Waals surface area contributed by atoms with Crippen LogP contribution in [0, 0.1) is 10.8 Å². The Labute approximate surface area is 157 Å². The van der Waals surface area contributed by atoms with E-state index in [1.54, 1.807) is 0 Å². The van der Waals surface area contributed by atoms with E-state index in [2.05, 4.69) is 25.5 Å². The molecule has 0 N–H and O–H groups in total. The predicted molar refractivity (Wildman–Crippen MR) is 94.6 cm³/mol. The summed E-state index contributed by atoms with van der Waals surface area (Å²) in [5.74, 6) is -0.897. The molecule has 1 aromatic carbocycles. The van der Waals surface area contributed by atoms with Crippen LogP contribution < -0.4 is 4.74 Å². The van der Waals surface area contributed by atoms with Gasteiger partial charge in [0.25, 0.3) is 5.91 Å². The Morgan fingerprint density at radius 3 is 2.48 bits per heavy atom. The highest BCUT2D eigenvalue weighted by molar-refractivity contribution is 5.91. The highest BCUT2D eigenvalue weighted by atomic mass is 19.3. The van der Waals surface area contributed by atoms with E-state index in [1.165, 1.54) is 24.3 Å². The van der Waals surface area contributed by atoms with E-state index < -0.39 is 12.6 Å². The Kier molecular flexibility index (Phi) is 5.14. The molecule has 2 bridgehead atoms. The van der Waals surface area contributed by atoms with Gasteiger partial charge in [0.1, 0.15) is 5.75 Å². The number of fused-ring (bicyclic) bond motifs is 2. The molecule has 3 rings (SSSR count). The van der Waals surface area contributed by atoms with Crippen molar-refractivity contribution in [2.45, 2.75) is 52.7 Å². The third kappa shape index (κ3) is 4.57. The molecule has 1 saturated carbocycles. The summed E-state index contributed by atoms with van der Waals surface area (Å²) in [6, 6.07) is 5.37. The number of nitrogens with zero attached hydrogens (tertiary/aromatic N) is 1. The fourth-order valence-corrected chi connectivity index (χ4v) is 4.82. The standard InChI is InChI=1S/C20H25F2NO4/c1-19(2)8-14-9-20(3,11-19)12-23(14)16(24)10-26-17(25)13-4-6-15(7-5-13)27-18(21)22/h4-7,14,18H,8-12H2,1-3H3/t14-,20-/m0/s1. The Bertz CT molecular complexity index is 719. The minimum Gasteiger partial charge on any atom is -0.452 e. The van der Waals surface area contributed by atoms with Crippen LogP contribution in [0.3, 0.4) is 0 Å². The van der Waals surface area contributed by atoms with Gasteiger partial charge in [-0.1, -0.05) is 20.8 Å². The molecule has 27 heavy (non-hydrogen) atoms. The van der Waals surface area contributed by atoms with Gasteiger partial charge in [0, 0.05) is 12.6 Å². The number of likely N-dealkylation sites (tertiary alicyclic amines) is 1. The van der Waals surface area contributed by atoms with E-state index in [0.29, 0.717) is 6.54 Å². The van der Waals surface area contributed by atoms with Crippen LogP contribution in [0.4, 0.5) is 8.78 Å². The average molecular weight is 381 g/mol. The number of esters is 1. The highest BCUT2D eigenvalue weighted by Crippen LogP contribution is 2.52. The lowest BCUT2D eigenvalue weighted by Crippen LogP contribution is -2.39. The van der Waals surface area contributed by atoms with Crippen molar-refractivity contribution in [1.29, 1.82) is 0 Å². The number of hydrogen-bond acceptors (Lipinski definition) is 4. The largest absolute Gasteiger partial charge is 0.452 e. The van der Waals surface area contributed by atoms with Gasteiger partial charge in [0.2, 0.25) is 0 Å². The molecule has 2 atom stereocenters. The molecule has 1 aromatic rings. The second-order valence-corrected chi connectivity index (χ2v) is 8.71. The Hall–Kier alpha value is -2.18. The summed E-state index contributed by atoms with van der Waals surface area (Å²) in [6.07, 6.45) is 3.02. The van der Waals surface area contributed by atoms with E-state index in [9.17, 15) is 18.4 Å². The number of carbonyl (C=O) groups is 2. The second-order valence-electron chi connectivity index (χ2n) is 8.71. The molecular formula is C20H25F2NO4. The Morgan fingerprint density at radius 2 is 1.85 bits per heavy atom. The molecule has 5 nitrogen and oxygen atoms in total. The van der Waals surface area contributed by atoms with Gasteiger partial charge >= 0.3 is 12.6 Å². The maximum absolute atomic E-state index is 12.6. The molecule has 0 radical (unpaired) electrons. The summed E-state index contributed by atoms with van der Waals surface area (Å²) in [5, 5.41) is 0. The molecule has 0 unspecified atom stereocenters. The normalized spacial score (nSPS) is 26.1. The lowest BCUT2D eigenvalue weighted by molar-refractivity contribution is -0.135. The summed E-state index contributed by atoms with van der Waals surface area (Å²) >= 11 is 0. The summed E-state index contributed by atoms with van der Waals surface area (Å²) in [7, 11) is 0. The van der Waals surface area contributed by atoms with E-state index in [1.807, 2.05) is 4.90 Å². The van der Waals surface area contributed by atoms with Gasteiger partial charge in [0.05, 0.1) is 5.56 Å². The van der Waals surface area contributed by atoms with Crippen molar-refractivity contribution in [2.24, 2.45) is 10.8 Å². The molecule has 148 valence electrons. The molecule has 1 heterocycles. The van der Waals surface area contributed by atoms with E-state index in [0.717, 1.165) is 19.3 Å². The van der Waals surface area contributed by atoms with Crippen LogP contribution in [-0.4, -0.2) is 42.6 Å². The van der Waals surface area contributed by atoms with E-state index in [-0.39, 0.29) is 40.7 Å².